The van der Waals surface area contributed by atoms with Crippen molar-refractivity contribution in [3.05, 3.63) is 23.8 Å². The highest BCUT2D eigenvalue weighted by molar-refractivity contribution is 6.14. The molecule has 0 saturated heterocycles. The van der Waals surface area contributed by atoms with Gasteiger partial charge < -0.3 is 19.7 Å². The van der Waals surface area contributed by atoms with Gasteiger partial charge in [-0.1, -0.05) is 0 Å². The van der Waals surface area contributed by atoms with Crippen LogP contribution in [0.15, 0.2) is 23.2 Å². The maximum atomic E-state index is 11.0. The number of nitrogens with zero attached hydrogens (tertiary/aromatic N) is 2. The van der Waals surface area contributed by atoms with Crippen LogP contribution in [0.5, 0.6) is 5.88 Å². The second-order valence-corrected chi connectivity index (χ2v) is 7.62. The summed E-state index contributed by atoms with van der Waals surface area (Å²) in [5.74, 6) is 0.267. The van der Waals surface area contributed by atoms with Crippen LogP contribution in [0.4, 0.5) is 5.69 Å². The van der Waals surface area contributed by atoms with Crippen molar-refractivity contribution in [2.24, 2.45) is 4.99 Å². The minimum absolute atomic E-state index is 0.232. The molecule has 0 amide bonds. The Morgan fingerprint density at radius 3 is 2.62 bits per heavy atom. The number of fused-ring (bicyclic) bond motifs is 1. The predicted molar refractivity (Wildman–Crippen MR) is 99.6 cm³/mol. The van der Waals surface area contributed by atoms with Crippen LogP contribution >= 0.6 is 0 Å². The third kappa shape index (κ3) is 3.00. The molecule has 130 valence electrons. The Kier molecular flexibility index (Phi) is 4.30. The summed E-state index contributed by atoms with van der Waals surface area (Å²) >= 11 is 0. The largest absolute Gasteiger partial charge is 0.494 e. The number of aromatic nitrogens is 1. The standard InChI is InChI=1S/C19H27N3O2/c1-12(2)21-13-6-7-16-14(10-13)17(15-11-24-9-8-20-15)18(23)22(16)19(3,4)5/h6-7,10,12,21,23H,8-9,11H2,1-5H3. The lowest BCUT2D eigenvalue weighted by Crippen LogP contribution is -2.22. The van der Waals surface area contributed by atoms with E-state index < -0.39 is 0 Å². The lowest BCUT2D eigenvalue weighted by molar-refractivity contribution is 0.171. The van der Waals surface area contributed by atoms with E-state index in [-0.39, 0.29) is 11.4 Å². The van der Waals surface area contributed by atoms with Gasteiger partial charge in [-0.15, -0.1) is 0 Å². The van der Waals surface area contributed by atoms with E-state index in [0.29, 0.717) is 25.8 Å². The number of aromatic hydroxyl groups is 1. The fourth-order valence-electron chi connectivity index (χ4n) is 3.28. The molecule has 0 saturated carbocycles. The SMILES string of the molecule is CC(C)Nc1ccc2c(c1)c(C1=NCCOC1)c(O)n2C(C)(C)C. The molecule has 3 rings (SSSR count). The average Bonchev–Trinajstić information content (AvgIpc) is 2.78. The molecule has 5 heteroatoms. The number of hydrogen-bond acceptors (Lipinski definition) is 4. The summed E-state index contributed by atoms with van der Waals surface area (Å²) in [6, 6.07) is 6.58. The summed E-state index contributed by atoms with van der Waals surface area (Å²) in [6.45, 7) is 12.2. The zero-order valence-electron chi connectivity index (χ0n) is 15.2. The molecule has 1 aromatic heterocycles. The summed E-state index contributed by atoms with van der Waals surface area (Å²) in [5, 5.41) is 15.4. The van der Waals surface area contributed by atoms with Crippen molar-refractivity contribution in [3.63, 3.8) is 0 Å². The Bertz CT molecular complexity index is 782. The molecule has 2 N–H and O–H groups in total. The van der Waals surface area contributed by atoms with Gasteiger partial charge in [0.25, 0.3) is 0 Å². The van der Waals surface area contributed by atoms with Crippen LogP contribution in [0.25, 0.3) is 10.9 Å². The highest BCUT2D eigenvalue weighted by atomic mass is 16.5. The summed E-state index contributed by atoms with van der Waals surface area (Å²) in [6.07, 6.45) is 0. The Hall–Kier alpha value is -2.01. The molecule has 2 aromatic rings. The molecule has 0 aliphatic carbocycles. The molecule has 0 spiro atoms. The highest BCUT2D eigenvalue weighted by Gasteiger charge is 2.27. The molecule has 24 heavy (non-hydrogen) atoms. The fourth-order valence-corrected chi connectivity index (χ4v) is 3.28. The first kappa shape index (κ1) is 16.8. The minimum atomic E-state index is -0.232. The van der Waals surface area contributed by atoms with Crippen molar-refractivity contribution in [2.45, 2.75) is 46.2 Å². The van der Waals surface area contributed by atoms with Gasteiger partial charge in [-0.05, 0) is 52.8 Å². The first-order chi connectivity index (χ1) is 11.3. The summed E-state index contributed by atoms with van der Waals surface area (Å²) in [4.78, 5) is 4.59. The smallest absolute Gasteiger partial charge is 0.202 e. The van der Waals surface area contributed by atoms with Gasteiger partial charge in [-0.3, -0.25) is 4.99 Å². The number of hydrogen-bond donors (Lipinski definition) is 2. The van der Waals surface area contributed by atoms with E-state index in [0.717, 1.165) is 27.9 Å². The van der Waals surface area contributed by atoms with E-state index in [4.69, 9.17) is 4.74 Å². The molecular weight excluding hydrogens is 302 g/mol. The molecule has 1 aromatic carbocycles. The molecule has 0 bridgehead atoms. The van der Waals surface area contributed by atoms with Crippen LogP contribution in [-0.2, 0) is 10.3 Å². The van der Waals surface area contributed by atoms with Crippen LogP contribution in [0.1, 0.15) is 40.2 Å². The van der Waals surface area contributed by atoms with Crippen molar-refractivity contribution in [2.75, 3.05) is 25.1 Å². The van der Waals surface area contributed by atoms with Crippen LogP contribution in [-0.4, -0.2) is 41.2 Å². The van der Waals surface area contributed by atoms with Crippen molar-refractivity contribution in [1.82, 2.24) is 4.57 Å². The second kappa shape index (κ2) is 6.13. The van der Waals surface area contributed by atoms with Gasteiger partial charge in [0.1, 0.15) is 0 Å². The Morgan fingerprint density at radius 1 is 1.29 bits per heavy atom. The molecule has 2 heterocycles. The topological polar surface area (TPSA) is 58.8 Å². The maximum Gasteiger partial charge on any atom is 0.202 e. The van der Waals surface area contributed by atoms with Crippen LogP contribution in [0.2, 0.25) is 0 Å². The molecule has 0 radical (unpaired) electrons. The van der Waals surface area contributed by atoms with E-state index in [1.54, 1.807) is 0 Å². The van der Waals surface area contributed by atoms with Gasteiger partial charge in [0.05, 0.1) is 36.6 Å². The van der Waals surface area contributed by atoms with Crippen LogP contribution < -0.4 is 5.32 Å². The maximum absolute atomic E-state index is 11.0. The first-order valence-corrected chi connectivity index (χ1v) is 8.55. The van der Waals surface area contributed by atoms with Crippen molar-refractivity contribution >= 4 is 22.3 Å². The number of benzene rings is 1. The zero-order valence-corrected chi connectivity index (χ0v) is 15.2. The number of ether oxygens (including phenoxy) is 1. The number of anilines is 1. The molecule has 0 atom stereocenters. The van der Waals surface area contributed by atoms with Gasteiger partial charge in [-0.25, -0.2) is 0 Å². The van der Waals surface area contributed by atoms with E-state index in [1.807, 2.05) is 4.57 Å². The minimum Gasteiger partial charge on any atom is -0.494 e. The van der Waals surface area contributed by atoms with Gasteiger partial charge >= 0.3 is 0 Å². The Morgan fingerprint density at radius 2 is 2.04 bits per heavy atom. The number of aliphatic imine (C=N–C) groups is 1. The lowest BCUT2D eigenvalue weighted by atomic mass is 10.1. The number of nitrogens with one attached hydrogen (secondary N) is 1. The first-order valence-electron chi connectivity index (χ1n) is 8.55. The zero-order chi connectivity index (χ0) is 17.5. The lowest BCUT2D eigenvalue weighted by Gasteiger charge is -2.24. The van der Waals surface area contributed by atoms with Gasteiger partial charge in [0, 0.05) is 22.7 Å². The Balaban J connectivity index is 2.26. The van der Waals surface area contributed by atoms with Gasteiger partial charge in [0.2, 0.25) is 5.88 Å². The van der Waals surface area contributed by atoms with Gasteiger partial charge in [0.15, 0.2) is 0 Å². The van der Waals surface area contributed by atoms with E-state index in [1.165, 1.54) is 0 Å². The van der Waals surface area contributed by atoms with Crippen LogP contribution in [0.3, 0.4) is 0 Å². The fraction of sp³-hybridized carbons (Fsp3) is 0.526. The molecule has 5 nitrogen and oxygen atoms in total. The monoisotopic (exact) mass is 329 g/mol. The second-order valence-electron chi connectivity index (χ2n) is 7.62. The summed E-state index contributed by atoms with van der Waals surface area (Å²) < 4.78 is 7.54. The normalized spacial score (nSPS) is 15.8. The number of rotatable bonds is 3. The average molecular weight is 329 g/mol. The molecule has 1 aliphatic heterocycles. The molecule has 0 fully saturated rings. The van der Waals surface area contributed by atoms with Crippen molar-refractivity contribution in [1.29, 1.82) is 0 Å². The van der Waals surface area contributed by atoms with Crippen LogP contribution in [0, 0.1) is 0 Å². The van der Waals surface area contributed by atoms with E-state index in [9.17, 15) is 5.11 Å². The third-order valence-corrected chi connectivity index (χ3v) is 4.13. The van der Waals surface area contributed by atoms with Crippen molar-refractivity contribution < 1.29 is 9.84 Å². The summed E-state index contributed by atoms with van der Waals surface area (Å²) in [7, 11) is 0. The Labute approximate surface area is 143 Å². The summed E-state index contributed by atoms with van der Waals surface area (Å²) in [5.41, 5.74) is 3.45. The quantitative estimate of drug-likeness (QED) is 0.902. The molecular formula is C19H27N3O2. The molecule has 0 unspecified atom stereocenters. The van der Waals surface area contributed by atoms with E-state index >= 15 is 0 Å². The highest BCUT2D eigenvalue weighted by Crippen LogP contribution is 2.38. The third-order valence-electron chi connectivity index (χ3n) is 4.13. The van der Waals surface area contributed by atoms with Gasteiger partial charge in [-0.2, -0.15) is 0 Å². The predicted octanol–water partition coefficient (Wildman–Crippen LogP) is 3.74. The van der Waals surface area contributed by atoms with Crippen molar-refractivity contribution in [3.8, 4) is 5.88 Å². The van der Waals surface area contributed by atoms with E-state index in [2.05, 4.69) is 63.1 Å². The molecule has 1 aliphatic rings.